The quantitative estimate of drug-likeness (QED) is 0.321. The second-order valence-corrected chi connectivity index (χ2v) is 7.39. The van der Waals surface area contributed by atoms with Crippen LogP contribution in [-0.2, 0) is 16.2 Å². The molecule has 32 heavy (non-hydrogen) atoms. The van der Waals surface area contributed by atoms with E-state index in [4.69, 9.17) is 16.3 Å². The monoisotopic (exact) mass is 453 g/mol. The molecule has 0 heterocycles. The minimum absolute atomic E-state index is 0.00945. The number of anilines is 1. The predicted molar refractivity (Wildman–Crippen MR) is 122 cm³/mol. The number of halogens is 2. The lowest BCUT2D eigenvalue weighted by Gasteiger charge is -2.10. The Balaban J connectivity index is 1.52. The molecule has 8 heteroatoms. The number of amides is 2. The Kier molecular flexibility index (Phi) is 7.57. The highest BCUT2D eigenvalue weighted by Gasteiger charge is 2.15. The smallest absolute Gasteiger partial charge is 0.329 e. The van der Waals surface area contributed by atoms with E-state index in [2.05, 4.69) is 15.8 Å². The number of carbonyl (C=O) groups excluding carboxylic acids is 2. The first-order chi connectivity index (χ1) is 15.3. The maximum atomic E-state index is 13.8. The normalized spacial score (nSPS) is 10.8. The van der Waals surface area contributed by atoms with Crippen LogP contribution in [0, 0.1) is 19.7 Å². The molecular weight excluding hydrogens is 433 g/mol. The van der Waals surface area contributed by atoms with E-state index in [-0.39, 0.29) is 12.2 Å². The first-order valence-corrected chi connectivity index (χ1v) is 10.1. The van der Waals surface area contributed by atoms with Gasteiger partial charge in [-0.25, -0.2) is 9.82 Å². The molecule has 0 fully saturated rings. The molecule has 0 spiro atoms. The topological polar surface area (TPSA) is 79.8 Å². The molecule has 0 radical (unpaired) electrons. The number of benzene rings is 3. The zero-order chi connectivity index (χ0) is 23.1. The first-order valence-electron chi connectivity index (χ1n) is 9.71. The van der Waals surface area contributed by atoms with Gasteiger partial charge in [-0.05, 0) is 66.9 Å². The van der Waals surface area contributed by atoms with Crippen molar-refractivity contribution < 1.29 is 18.7 Å². The summed E-state index contributed by atoms with van der Waals surface area (Å²) in [5.41, 5.74) is 5.45. The molecule has 3 aromatic carbocycles. The van der Waals surface area contributed by atoms with Crippen molar-refractivity contribution in [2.24, 2.45) is 5.10 Å². The lowest BCUT2D eigenvalue weighted by molar-refractivity contribution is -0.136. The van der Waals surface area contributed by atoms with Gasteiger partial charge in [-0.15, -0.1) is 0 Å². The fourth-order valence-electron chi connectivity index (χ4n) is 2.87. The third kappa shape index (κ3) is 5.92. The van der Waals surface area contributed by atoms with E-state index < -0.39 is 17.6 Å². The number of ether oxygens (including phenoxy) is 1. The molecule has 6 nitrogen and oxygen atoms in total. The number of nitrogens with one attached hydrogen (secondary N) is 2. The molecule has 0 saturated heterocycles. The fourth-order valence-corrected chi connectivity index (χ4v) is 3.09. The molecule has 0 aromatic heterocycles. The van der Waals surface area contributed by atoms with Crippen molar-refractivity contribution in [2.45, 2.75) is 20.5 Å². The maximum absolute atomic E-state index is 13.8. The van der Waals surface area contributed by atoms with Gasteiger partial charge in [0, 0.05) is 11.3 Å². The minimum atomic E-state index is -0.884. The molecular formula is C24H21ClFN3O3. The van der Waals surface area contributed by atoms with Gasteiger partial charge in [0.05, 0.1) is 11.2 Å². The van der Waals surface area contributed by atoms with E-state index in [1.807, 2.05) is 32.0 Å². The predicted octanol–water partition coefficient (Wildman–Crippen LogP) is 4.76. The van der Waals surface area contributed by atoms with E-state index >= 15 is 0 Å². The highest BCUT2D eigenvalue weighted by molar-refractivity contribution is 6.39. The summed E-state index contributed by atoms with van der Waals surface area (Å²) in [6.45, 7) is 3.68. The highest BCUT2D eigenvalue weighted by atomic mass is 35.5. The molecule has 0 atom stereocenters. The van der Waals surface area contributed by atoms with Gasteiger partial charge in [0.25, 0.3) is 0 Å². The highest BCUT2D eigenvalue weighted by Crippen LogP contribution is 2.22. The van der Waals surface area contributed by atoms with E-state index in [0.29, 0.717) is 22.0 Å². The van der Waals surface area contributed by atoms with Crippen LogP contribution in [0.25, 0.3) is 0 Å². The zero-order valence-electron chi connectivity index (χ0n) is 17.5. The van der Waals surface area contributed by atoms with Gasteiger partial charge >= 0.3 is 11.8 Å². The third-order valence-corrected chi connectivity index (χ3v) is 4.98. The number of aryl methyl sites for hydroxylation is 2. The molecule has 0 aliphatic heterocycles. The fraction of sp³-hybridized carbons (Fsp3) is 0.125. The SMILES string of the molecule is Cc1cccc(C)c1NC(=O)C(=O)N/N=C/c1ccc(OCc2c(F)cccc2Cl)cc1. The Hall–Kier alpha value is -3.71. The largest absolute Gasteiger partial charge is 0.489 e. The molecule has 164 valence electrons. The average Bonchev–Trinajstić information content (AvgIpc) is 2.77. The molecule has 0 aliphatic carbocycles. The van der Waals surface area contributed by atoms with Crippen LogP contribution < -0.4 is 15.5 Å². The summed E-state index contributed by atoms with van der Waals surface area (Å²) in [6.07, 6.45) is 1.39. The van der Waals surface area contributed by atoms with Crippen LogP contribution in [0.5, 0.6) is 5.75 Å². The number of hydrazone groups is 1. The summed E-state index contributed by atoms with van der Waals surface area (Å²) in [7, 11) is 0. The molecule has 3 rings (SSSR count). The lowest BCUT2D eigenvalue weighted by Crippen LogP contribution is -2.32. The van der Waals surface area contributed by atoms with Gasteiger partial charge in [0.1, 0.15) is 18.2 Å². The maximum Gasteiger partial charge on any atom is 0.329 e. The van der Waals surface area contributed by atoms with Crippen molar-refractivity contribution in [3.8, 4) is 5.75 Å². The van der Waals surface area contributed by atoms with E-state index in [9.17, 15) is 14.0 Å². The Morgan fingerprint density at radius 3 is 2.31 bits per heavy atom. The molecule has 0 aliphatic rings. The second-order valence-electron chi connectivity index (χ2n) is 6.98. The Bertz CT molecular complexity index is 1120. The summed E-state index contributed by atoms with van der Waals surface area (Å²) in [5, 5.41) is 6.69. The zero-order valence-corrected chi connectivity index (χ0v) is 18.2. The summed E-state index contributed by atoms with van der Waals surface area (Å²) >= 11 is 5.99. The van der Waals surface area contributed by atoms with Gasteiger partial charge in [0.2, 0.25) is 0 Å². The number of carbonyl (C=O) groups is 2. The van der Waals surface area contributed by atoms with E-state index in [1.165, 1.54) is 18.3 Å². The third-order valence-electron chi connectivity index (χ3n) is 4.63. The summed E-state index contributed by atoms with van der Waals surface area (Å²) in [4.78, 5) is 24.1. The average molecular weight is 454 g/mol. The van der Waals surface area contributed by atoms with Crippen LogP contribution in [0.15, 0.2) is 65.8 Å². The first kappa shape index (κ1) is 23.0. The van der Waals surface area contributed by atoms with Crippen molar-refractivity contribution >= 4 is 35.3 Å². The van der Waals surface area contributed by atoms with Gasteiger partial charge in [-0.1, -0.05) is 35.9 Å². The summed E-state index contributed by atoms with van der Waals surface area (Å²) < 4.78 is 19.4. The van der Waals surface area contributed by atoms with Gasteiger partial charge in [0.15, 0.2) is 0 Å². The molecule has 3 aromatic rings. The van der Waals surface area contributed by atoms with Gasteiger partial charge in [-0.2, -0.15) is 5.10 Å². The van der Waals surface area contributed by atoms with Crippen molar-refractivity contribution in [2.75, 3.05) is 5.32 Å². The summed E-state index contributed by atoms with van der Waals surface area (Å²) in [6, 6.07) is 16.7. The van der Waals surface area contributed by atoms with Gasteiger partial charge in [-0.3, -0.25) is 9.59 Å². The van der Waals surface area contributed by atoms with Crippen LogP contribution in [-0.4, -0.2) is 18.0 Å². The van der Waals surface area contributed by atoms with Crippen molar-refractivity contribution in [3.05, 3.63) is 93.8 Å². The summed E-state index contributed by atoms with van der Waals surface area (Å²) in [5.74, 6) is -1.61. The molecule has 0 unspecified atom stereocenters. The number of rotatable bonds is 6. The number of nitrogens with zero attached hydrogens (tertiary/aromatic N) is 1. The lowest BCUT2D eigenvalue weighted by atomic mass is 10.1. The van der Waals surface area contributed by atoms with E-state index in [1.54, 1.807) is 30.3 Å². The standard InChI is InChI=1S/C24H21ClFN3O3/c1-15-5-3-6-16(2)22(15)28-23(30)24(31)29-27-13-17-9-11-18(12-10-17)32-14-19-20(25)7-4-8-21(19)26/h3-13H,14H2,1-2H3,(H,28,30)(H,29,31)/b27-13+. The Morgan fingerprint density at radius 1 is 1.00 bits per heavy atom. The molecule has 0 saturated carbocycles. The Morgan fingerprint density at radius 2 is 1.66 bits per heavy atom. The second kappa shape index (κ2) is 10.5. The van der Waals surface area contributed by atoms with Crippen LogP contribution in [0.1, 0.15) is 22.3 Å². The van der Waals surface area contributed by atoms with Crippen LogP contribution in [0.4, 0.5) is 10.1 Å². The van der Waals surface area contributed by atoms with Gasteiger partial charge < -0.3 is 10.1 Å². The molecule has 2 N–H and O–H groups in total. The molecule has 2 amide bonds. The van der Waals surface area contributed by atoms with Crippen molar-refractivity contribution in [1.82, 2.24) is 5.43 Å². The Labute approximate surface area is 190 Å². The number of para-hydroxylation sites is 1. The van der Waals surface area contributed by atoms with Crippen LogP contribution in [0.2, 0.25) is 5.02 Å². The van der Waals surface area contributed by atoms with Crippen LogP contribution in [0.3, 0.4) is 0 Å². The molecule has 0 bridgehead atoms. The number of hydrogen-bond acceptors (Lipinski definition) is 4. The van der Waals surface area contributed by atoms with Crippen molar-refractivity contribution in [1.29, 1.82) is 0 Å². The number of hydrogen-bond donors (Lipinski definition) is 2. The van der Waals surface area contributed by atoms with E-state index in [0.717, 1.165) is 11.1 Å². The van der Waals surface area contributed by atoms with Crippen LogP contribution >= 0.6 is 11.6 Å². The van der Waals surface area contributed by atoms with Crippen molar-refractivity contribution in [3.63, 3.8) is 0 Å². The minimum Gasteiger partial charge on any atom is -0.489 e.